The second-order valence-corrected chi connectivity index (χ2v) is 6.43. The molecule has 0 spiro atoms. The first-order valence-corrected chi connectivity index (χ1v) is 8.27. The number of hydrogen-bond donors (Lipinski definition) is 1. The summed E-state index contributed by atoms with van der Waals surface area (Å²) < 4.78 is 11.5. The number of hydrogen-bond acceptors (Lipinski definition) is 7. The van der Waals surface area contributed by atoms with Gasteiger partial charge in [-0.2, -0.15) is 13.7 Å². The van der Waals surface area contributed by atoms with Gasteiger partial charge in [0, 0.05) is 27.7 Å². The summed E-state index contributed by atoms with van der Waals surface area (Å²) in [6.45, 7) is 0.580. The van der Waals surface area contributed by atoms with Gasteiger partial charge in [-0.05, 0) is 17.7 Å². The lowest BCUT2D eigenvalue weighted by Crippen LogP contribution is -2.29. The zero-order valence-corrected chi connectivity index (χ0v) is 14.7. The van der Waals surface area contributed by atoms with Crippen molar-refractivity contribution in [2.45, 2.75) is 6.54 Å². The second-order valence-electron chi connectivity index (χ2n) is 5.90. The Labute approximate surface area is 145 Å². The lowest BCUT2D eigenvalue weighted by atomic mass is 10.2. The number of rotatable bonds is 3. The third kappa shape index (κ3) is 2.41. The highest BCUT2D eigenvalue weighted by atomic mass is 32.1. The maximum Gasteiger partial charge on any atom is 0.329 e. The van der Waals surface area contributed by atoms with E-state index in [-0.39, 0.29) is 0 Å². The van der Waals surface area contributed by atoms with E-state index in [4.69, 9.17) is 0 Å². The fourth-order valence-corrected chi connectivity index (χ4v) is 3.43. The van der Waals surface area contributed by atoms with Crippen LogP contribution in [-0.4, -0.2) is 34.9 Å². The number of aromatic amines is 1. The molecule has 0 aliphatic rings. The number of aryl methyl sites for hydroxylation is 2. The molecule has 4 rings (SSSR count). The van der Waals surface area contributed by atoms with E-state index in [9.17, 15) is 9.59 Å². The van der Waals surface area contributed by atoms with Gasteiger partial charge in [-0.25, -0.2) is 4.79 Å². The fraction of sp³-hybridized carbons (Fsp3) is 0.267. The molecule has 10 heteroatoms. The van der Waals surface area contributed by atoms with Gasteiger partial charge in [-0.1, -0.05) is 6.07 Å². The van der Waals surface area contributed by atoms with Crippen LogP contribution in [0.2, 0.25) is 0 Å². The van der Waals surface area contributed by atoms with Gasteiger partial charge in [0.15, 0.2) is 11.2 Å². The average molecular weight is 357 g/mol. The van der Waals surface area contributed by atoms with Crippen LogP contribution >= 0.6 is 11.7 Å². The molecule has 3 heterocycles. The Bertz CT molecular complexity index is 1220. The number of benzene rings is 1. The van der Waals surface area contributed by atoms with Crippen molar-refractivity contribution >= 4 is 39.9 Å². The van der Waals surface area contributed by atoms with E-state index in [1.807, 2.05) is 30.1 Å². The zero-order chi connectivity index (χ0) is 17.7. The molecular formula is C15H15N7O2S. The molecule has 1 aromatic carbocycles. The molecule has 0 atom stereocenters. The van der Waals surface area contributed by atoms with Gasteiger partial charge in [-0.3, -0.25) is 14.3 Å². The van der Waals surface area contributed by atoms with Crippen molar-refractivity contribution < 1.29 is 0 Å². The Morgan fingerprint density at radius 3 is 2.72 bits per heavy atom. The normalized spacial score (nSPS) is 11.5. The standard InChI is InChI=1S/C15H15N7O2S/c1-20(7-8-4-5-9-10(6-8)19-25-18-9)14-16-12-11(21(14)2)13(23)17-15(24)22(12)3/h4-6H,7H2,1-3H3,(H,17,23,24). The van der Waals surface area contributed by atoms with E-state index < -0.39 is 11.2 Å². The number of aromatic nitrogens is 6. The summed E-state index contributed by atoms with van der Waals surface area (Å²) in [5.74, 6) is 0.596. The minimum Gasteiger partial charge on any atom is -0.341 e. The number of nitrogens with one attached hydrogen (secondary N) is 1. The van der Waals surface area contributed by atoms with Crippen molar-refractivity contribution in [3.05, 3.63) is 44.6 Å². The second kappa shape index (κ2) is 5.52. The first-order valence-electron chi connectivity index (χ1n) is 7.54. The number of fused-ring (bicyclic) bond motifs is 2. The number of nitrogens with zero attached hydrogens (tertiary/aromatic N) is 6. The third-order valence-corrected chi connectivity index (χ3v) is 4.75. The first-order chi connectivity index (χ1) is 12.0. The van der Waals surface area contributed by atoms with Crippen molar-refractivity contribution in [3.63, 3.8) is 0 Å². The molecule has 4 aromatic rings. The Kier molecular flexibility index (Phi) is 3.42. The molecule has 0 unspecified atom stereocenters. The van der Waals surface area contributed by atoms with E-state index in [0.717, 1.165) is 16.6 Å². The predicted octanol–water partition coefficient (Wildman–Crippen LogP) is 0.601. The fourth-order valence-electron chi connectivity index (χ4n) is 2.91. The van der Waals surface area contributed by atoms with Crippen LogP contribution in [0.5, 0.6) is 0 Å². The summed E-state index contributed by atoms with van der Waals surface area (Å²) in [7, 11) is 5.23. The Morgan fingerprint density at radius 2 is 1.92 bits per heavy atom. The Morgan fingerprint density at radius 1 is 1.16 bits per heavy atom. The summed E-state index contributed by atoms with van der Waals surface area (Å²) in [6, 6.07) is 5.91. The largest absolute Gasteiger partial charge is 0.341 e. The summed E-state index contributed by atoms with van der Waals surface area (Å²) in [6.07, 6.45) is 0. The Hall–Kier alpha value is -3.01. The highest BCUT2D eigenvalue weighted by molar-refractivity contribution is 7.00. The van der Waals surface area contributed by atoms with Crippen molar-refractivity contribution in [2.24, 2.45) is 14.1 Å². The summed E-state index contributed by atoms with van der Waals surface area (Å²) in [4.78, 5) is 32.6. The van der Waals surface area contributed by atoms with Crippen molar-refractivity contribution in [1.82, 2.24) is 27.8 Å². The van der Waals surface area contributed by atoms with Crippen molar-refractivity contribution in [3.8, 4) is 0 Å². The maximum atomic E-state index is 12.1. The van der Waals surface area contributed by atoms with Crippen LogP contribution in [0.1, 0.15) is 5.56 Å². The molecule has 128 valence electrons. The first kappa shape index (κ1) is 15.5. The van der Waals surface area contributed by atoms with E-state index in [2.05, 4.69) is 18.7 Å². The smallest absolute Gasteiger partial charge is 0.329 e. The molecule has 0 aliphatic carbocycles. The maximum absolute atomic E-state index is 12.1. The third-order valence-electron chi connectivity index (χ3n) is 4.19. The molecule has 0 saturated heterocycles. The van der Waals surface area contributed by atoms with Gasteiger partial charge in [-0.15, -0.1) is 0 Å². The van der Waals surface area contributed by atoms with E-state index in [1.165, 1.54) is 16.3 Å². The van der Waals surface area contributed by atoms with Crippen LogP contribution in [0, 0.1) is 0 Å². The molecule has 0 radical (unpaired) electrons. The topological polar surface area (TPSA) is 102 Å². The lowest BCUT2D eigenvalue weighted by molar-refractivity contribution is 0.817. The monoisotopic (exact) mass is 357 g/mol. The molecule has 0 fully saturated rings. The lowest BCUT2D eigenvalue weighted by Gasteiger charge is -2.18. The van der Waals surface area contributed by atoms with Crippen LogP contribution in [0.3, 0.4) is 0 Å². The van der Waals surface area contributed by atoms with Gasteiger partial charge in [0.25, 0.3) is 5.56 Å². The van der Waals surface area contributed by atoms with E-state index in [0.29, 0.717) is 23.7 Å². The highest BCUT2D eigenvalue weighted by Gasteiger charge is 2.17. The van der Waals surface area contributed by atoms with Gasteiger partial charge in [0.1, 0.15) is 11.0 Å². The van der Waals surface area contributed by atoms with E-state index >= 15 is 0 Å². The molecule has 0 saturated carbocycles. The van der Waals surface area contributed by atoms with Crippen molar-refractivity contribution in [1.29, 1.82) is 0 Å². The minimum absolute atomic E-state index is 0.359. The van der Waals surface area contributed by atoms with Crippen LogP contribution < -0.4 is 16.1 Å². The molecule has 0 aliphatic heterocycles. The molecule has 25 heavy (non-hydrogen) atoms. The van der Waals surface area contributed by atoms with Crippen LogP contribution in [0.4, 0.5) is 5.95 Å². The van der Waals surface area contributed by atoms with Gasteiger partial charge in [0.2, 0.25) is 5.95 Å². The molecule has 1 N–H and O–H groups in total. The summed E-state index contributed by atoms with van der Waals surface area (Å²) in [5.41, 5.74) is 2.59. The molecule has 3 aromatic heterocycles. The molecule has 0 bridgehead atoms. The zero-order valence-electron chi connectivity index (χ0n) is 13.8. The highest BCUT2D eigenvalue weighted by Crippen LogP contribution is 2.20. The number of anilines is 1. The van der Waals surface area contributed by atoms with Gasteiger partial charge < -0.3 is 9.47 Å². The summed E-state index contributed by atoms with van der Waals surface area (Å²) >= 11 is 1.19. The van der Waals surface area contributed by atoms with E-state index in [1.54, 1.807) is 18.7 Å². The summed E-state index contributed by atoms with van der Waals surface area (Å²) in [5, 5.41) is 0. The predicted molar refractivity (Wildman–Crippen MR) is 96.1 cm³/mol. The Balaban J connectivity index is 1.77. The number of H-pyrrole nitrogens is 1. The van der Waals surface area contributed by atoms with Gasteiger partial charge >= 0.3 is 5.69 Å². The van der Waals surface area contributed by atoms with Crippen LogP contribution in [0.25, 0.3) is 22.2 Å². The molecule has 0 amide bonds. The van der Waals surface area contributed by atoms with Gasteiger partial charge in [0.05, 0.1) is 11.7 Å². The van der Waals surface area contributed by atoms with Crippen LogP contribution in [-0.2, 0) is 20.6 Å². The minimum atomic E-state index is -0.480. The SMILES string of the molecule is CN(Cc1ccc2nsnc2c1)c1nc2c(c(=O)[nH]c(=O)n2C)n1C. The van der Waals surface area contributed by atoms with Crippen LogP contribution in [0.15, 0.2) is 27.8 Å². The average Bonchev–Trinajstić information content (AvgIpc) is 3.16. The van der Waals surface area contributed by atoms with Crippen molar-refractivity contribution in [2.75, 3.05) is 11.9 Å². The molecule has 9 nitrogen and oxygen atoms in total. The quantitative estimate of drug-likeness (QED) is 0.576. The number of imidazole rings is 1. The molecular weight excluding hydrogens is 342 g/mol.